The third-order valence-corrected chi connectivity index (χ3v) is 5.05. The Hall–Kier alpha value is -3.60. The van der Waals surface area contributed by atoms with E-state index < -0.39 is 4.92 Å². The van der Waals surface area contributed by atoms with Crippen molar-refractivity contribution >= 4 is 34.7 Å². The van der Waals surface area contributed by atoms with Crippen LogP contribution in [-0.4, -0.2) is 48.9 Å². The number of nitro groups is 1. The fraction of sp³-hybridized carbons (Fsp3) is 0.278. The molecule has 1 aliphatic heterocycles. The number of rotatable bonds is 5. The van der Waals surface area contributed by atoms with E-state index in [9.17, 15) is 14.9 Å². The van der Waals surface area contributed by atoms with Gasteiger partial charge >= 0.3 is 0 Å². The van der Waals surface area contributed by atoms with E-state index in [0.717, 1.165) is 13.0 Å². The molecule has 3 aromatic rings. The van der Waals surface area contributed by atoms with Crippen molar-refractivity contribution in [3.63, 3.8) is 0 Å². The van der Waals surface area contributed by atoms with E-state index in [1.807, 2.05) is 11.0 Å². The van der Waals surface area contributed by atoms with E-state index in [-0.39, 0.29) is 23.2 Å². The van der Waals surface area contributed by atoms with Gasteiger partial charge < -0.3 is 10.2 Å². The van der Waals surface area contributed by atoms with Crippen LogP contribution in [0.5, 0.6) is 0 Å². The van der Waals surface area contributed by atoms with Crippen molar-refractivity contribution in [1.82, 2.24) is 25.0 Å². The van der Waals surface area contributed by atoms with Gasteiger partial charge in [-0.25, -0.2) is 9.67 Å². The Morgan fingerprint density at radius 2 is 2.03 bits per heavy atom. The minimum atomic E-state index is -0.550. The van der Waals surface area contributed by atoms with Crippen molar-refractivity contribution in [1.29, 1.82) is 0 Å². The van der Waals surface area contributed by atoms with Gasteiger partial charge in [-0.2, -0.15) is 5.10 Å². The first-order valence-corrected chi connectivity index (χ1v) is 9.57. The molecule has 0 spiro atoms. The number of nitrogens with one attached hydrogen (secondary N) is 1. The van der Waals surface area contributed by atoms with Crippen LogP contribution in [-0.2, 0) is 4.79 Å². The van der Waals surface area contributed by atoms with Gasteiger partial charge in [-0.1, -0.05) is 11.6 Å². The third-order valence-electron chi connectivity index (χ3n) is 4.82. The molecule has 154 valence electrons. The summed E-state index contributed by atoms with van der Waals surface area (Å²) >= 11 is 5.94. The molecule has 0 saturated carbocycles. The average molecular weight is 429 g/mol. The Balaban J connectivity index is 1.46. The number of amides is 1. The van der Waals surface area contributed by atoms with Crippen LogP contribution in [0.4, 0.5) is 17.2 Å². The Kier molecular flexibility index (Phi) is 5.53. The van der Waals surface area contributed by atoms with Crippen LogP contribution in [0.2, 0.25) is 5.02 Å². The maximum atomic E-state index is 12.8. The molecule has 11 nitrogen and oxygen atoms in total. The van der Waals surface area contributed by atoms with Crippen LogP contribution in [0, 0.1) is 16.0 Å². The molecule has 1 unspecified atom stereocenters. The highest BCUT2D eigenvalue weighted by molar-refractivity contribution is 6.31. The predicted octanol–water partition coefficient (Wildman–Crippen LogP) is 2.47. The molecule has 1 fully saturated rings. The van der Waals surface area contributed by atoms with E-state index >= 15 is 0 Å². The topological polar surface area (TPSA) is 132 Å². The van der Waals surface area contributed by atoms with Gasteiger partial charge in [0.15, 0.2) is 11.6 Å². The molecule has 2 aromatic heterocycles. The maximum absolute atomic E-state index is 12.8. The average Bonchev–Trinajstić information content (AvgIpc) is 3.29. The second kappa shape index (κ2) is 8.41. The molecule has 0 radical (unpaired) electrons. The van der Waals surface area contributed by atoms with Crippen molar-refractivity contribution in [3.8, 4) is 5.82 Å². The monoisotopic (exact) mass is 428 g/mol. The number of carbonyl (C=O) groups is 1. The number of benzene rings is 1. The normalized spacial score (nSPS) is 16.3. The van der Waals surface area contributed by atoms with Gasteiger partial charge in [0, 0.05) is 24.2 Å². The first kappa shape index (κ1) is 19.7. The molecular formula is C18H17ClN8O3. The minimum absolute atomic E-state index is 0.0894. The van der Waals surface area contributed by atoms with Crippen molar-refractivity contribution in [3.05, 3.63) is 58.1 Å². The Bertz CT molecular complexity index is 1060. The summed E-state index contributed by atoms with van der Waals surface area (Å²) in [5, 5.41) is 26.6. The number of aromatic nitrogens is 5. The number of nitro benzene ring substituents is 1. The molecule has 1 aliphatic rings. The first-order valence-electron chi connectivity index (χ1n) is 9.20. The summed E-state index contributed by atoms with van der Waals surface area (Å²) < 4.78 is 1.50. The van der Waals surface area contributed by atoms with E-state index in [2.05, 4.69) is 25.6 Å². The van der Waals surface area contributed by atoms with Gasteiger partial charge in [-0.05, 0) is 37.1 Å². The summed E-state index contributed by atoms with van der Waals surface area (Å²) in [6.45, 7) is 1.16. The summed E-state index contributed by atoms with van der Waals surface area (Å²) in [5.74, 6) is 0.535. The summed E-state index contributed by atoms with van der Waals surface area (Å²) in [5.41, 5.74) is -0.110. The second-order valence-electron chi connectivity index (χ2n) is 6.78. The zero-order valence-corrected chi connectivity index (χ0v) is 16.4. The highest BCUT2D eigenvalue weighted by Crippen LogP contribution is 2.29. The van der Waals surface area contributed by atoms with Crippen LogP contribution in [0.3, 0.4) is 0 Å². The van der Waals surface area contributed by atoms with Crippen LogP contribution in [0.25, 0.3) is 5.82 Å². The maximum Gasteiger partial charge on any atom is 0.292 e. The van der Waals surface area contributed by atoms with Crippen LogP contribution in [0.15, 0.2) is 43.0 Å². The molecule has 12 heteroatoms. The quantitative estimate of drug-likeness (QED) is 0.484. The lowest BCUT2D eigenvalue weighted by molar-refractivity contribution is -0.383. The number of piperidine rings is 1. The zero-order valence-electron chi connectivity index (χ0n) is 15.7. The van der Waals surface area contributed by atoms with Crippen molar-refractivity contribution in [2.45, 2.75) is 12.8 Å². The minimum Gasteiger partial charge on any atom is -0.354 e. The lowest BCUT2D eigenvalue weighted by Crippen LogP contribution is -2.41. The smallest absolute Gasteiger partial charge is 0.292 e. The highest BCUT2D eigenvalue weighted by atomic mass is 35.5. The van der Waals surface area contributed by atoms with Crippen LogP contribution >= 0.6 is 11.6 Å². The molecule has 0 aliphatic carbocycles. The van der Waals surface area contributed by atoms with Crippen molar-refractivity contribution < 1.29 is 9.72 Å². The number of halogens is 1. The van der Waals surface area contributed by atoms with Gasteiger partial charge in [0.1, 0.15) is 18.3 Å². The zero-order chi connectivity index (χ0) is 21.1. The predicted molar refractivity (Wildman–Crippen MR) is 109 cm³/mol. The van der Waals surface area contributed by atoms with Gasteiger partial charge in [-0.15, -0.1) is 10.2 Å². The standard InChI is InChI=1S/C18H17ClN8O3/c19-13-3-4-15(27(29)30)14(8-13)22-18(28)12-2-1-7-25(9-12)16-5-6-17(24-23-16)26-11-20-10-21-26/h3-6,8,10-12H,1-2,7,9H2,(H,22,28). The molecule has 1 saturated heterocycles. The molecule has 3 heterocycles. The lowest BCUT2D eigenvalue weighted by atomic mass is 9.97. The summed E-state index contributed by atoms with van der Waals surface area (Å²) in [4.78, 5) is 29.3. The molecule has 1 atom stereocenters. The fourth-order valence-corrected chi connectivity index (χ4v) is 3.51. The third kappa shape index (κ3) is 4.20. The van der Waals surface area contributed by atoms with Crippen molar-refractivity contribution in [2.24, 2.45) is 5.92 Å². The summed E-state index contributed by atoms with van der Waals surface area (Å²) in [6, 6.07) is 7.66. The first-order chi connectivity index (χ1) is 14.5. The second-order valence-corrected chi connectivity index (χ2v) is 7.22. The summed E-state index contributed by atoms with van der Waals surface area (Å²) in [6.07, 6.45) is 4.39. The van der Waals surface area contributed by atoms with Crippen LogP contribution < -0.4 is 10.2 Å². The van der Waals surface area contributed by atoms with Gasteiger partial charge in [0.2, 0.25) is 5.91 Å². The molecule has 4 rings (SSSR count). The van der Waals surface area contributed by atoms with Gasteiger partial charge in [0.05, 0.1) is 10.8 Å². The molecular weight excluding hydrogens is 412 g/mol. The molecule has 1 aromatic carbocycles. The number of carbonyl (C=O) groups excluding carboxylic acids is 1. The Morgan fingerprint density at radius 3 is 2.73 bits per heavy atom. The fourth-order valence-electron chi connectivity index (χ4n) is 3.34. The van der Waals surface area contributed by atoms with Gasteiger partial charge in [-0.3, -0.25) is 14.9 Å². The van der Waals surface area contributed by atoms with E-state index in [0.29, 0.717) is 29.6 Å². The van der Waals surface area contributed by atoms with Gasteiger partial charge in [0.25, 0.3) is 5.69 Å². The number of hydrogen-bond acceptors (Lipinski definition) is 8. The number of anilines is 2. The molecule has 1 N–H and O–H groups in total. The van der Waals surface area contributed by atoms with E-state index in [4.69, 9.17) is 11.6 Å². The molecule has 1 amide bonds. The number of hydrogen-bond donors (Lipinski definition) is 1. The van der Waals surface area contributed by atoms with E-state index in [1.54, 1.807) is 6.07 Å². The Labute approximate surface area is 175 Å². The lowest BCUT2D eigenvalue weighted by Gasteiger charge is -2.32. The number of nitrogens with zero attached hydrogens (tertiary/aromatic N) is 7. The van der Waals surface area contributed by atoms with Crippen LogP contribution in [0.1, 0.15) is 12.8 Å². The highest BCUT2D eigenvalue weighted by Gasteiger charge is 2.28. The SMILES string of the molecule is O=C(Nc1cc(Cl)ccc1[N+](=O)[O-])C1CCCN(c2ccc(-n3cncn3)nn2)C1. The van der Waals surface area contributed by atoms with Crippen molar-refractivity contribution in [2.75, 3.05) is 23.3 Å². The summed E-state index contributed by atoms with van der Waals surface area (Å²) in [7, 11) is 0. The molecule has 0 bridgehead atoms. The molecule has 30 heavy (non-hydrogen) atoms. The largest absolute Gasteiger partial charge is 0.354 e. The van der Waals surface area contributed by atoms with E-state index in [1.165, 1.54) is 35.5 Å². The Morgan fingerprint density at radius 1 is 1.23 bits per heavy atom.